The van der Waals surface area contributed by atoms with Gasteiger partial charge in [0.1, 0.15) is 0 Å². The van der Waals surface area contributed by atoms with Gasteiger partial charge in [0.2, 0.25) is 5.91 Å². The summed E-state index contributed by atoms with van der Waals surface area (Å²) < 4.78 is 5.01. The zero-order valence-electron chi connectivity index (χ0n) is 11.1. The molecule has 0 aliphatic rings. The fraction of sp³-hybridized carbons (Fsp3) is 0.429. The zero-order valence-corrected chi connectivity index (χ0v) is 11.9. The average Bonchev–Trinajstić information content (AvgIpc) is 2.44. The Kier molecular flexibility index (Phi) is 6.36. The van der Waals surface area contributed by atoms with Gasteiger partial charge in [0, 0.05) is 17.5 Å². The van der Waals surface area contributed by atoms with Crippen molar-refractivity contribution in [1.82, 2.24) is 0 Å². The standard InChI is InChI=1S/C14H18ClNO3/c1-3-8-19-14(18)11-4-6-12(7-5-11)16-13(17)10(2)9-15/h4-7,10H,3,8-9H2,1-2H3,(H,16,17). The highest BCUT2D eigenvalue weighted by Crippen LogP contribution is 2.12. The van der Waals surface area contributed by atoms with Gasteiger partial charge in [-0.1, -0.05) is 13.8 Å². The quantitative estimate of drug-likeness (QED) is 0.645. The van der Waals surface area contributed by atoms with Gasteiger partial charge in [0.15, 0.2) is 0 Å². The van der Waals surface area contributed by atoms with Crippen molar-refractivity contribution in [3.05, 3.63) is 29.8 Å². The van der Waals surface area contributed by atoms with Gasteiger partial charge in [-0.2, -0.15) is 0 Å². The van der Waals surface area contributed by atoms with Crippen molar-refractivity contribution in [3.8, 4) is 0 Å². The molecule has 0 spiro atoms. The summed E-state index contributed by atoms with van der Waals surface area (Å²) in [7, 11) is 0. The molecular formula is C14H18ClNO3. The Morgan fingerprint density at radius 1 is 1.32 bits per heavy atom. The molecule has 1 atom stereocenters. The maximum atomic E-state index is 11.6. The Hall–Kier alpha value is -1.55. The number of anilines is 1. The molecule has 0 radical (unpaired) electrons. The number of halogens is 1. The lowest BCUT2D eigenvalue weighted by Gasteiger charge is -2.09. The van der Waals surface area contributed by atoms with Gasteiger partial charge in [0.05, 0.1) is 12.2 Å². The van der Waals surface area contributed by atoms with Gasteiger partial charge in [-0.3, -0.25) is 4.79 Å². The fourth-order valence-corrected chi connectivity index (χ4v) is 1.44. The molecule has 1 N–H and O–H groups in total. The summed E-state index contributed by atoms with van der Waals surface area (Å²) in [5, 5.41) is 2.73. The van der Waals surface area contributed by atoms with E-state index in [4.69, 9.17) is 16.3 Å². The molecule has 1 rings (SSSR count). The molecule has 0 aliphatic heterocycles. The van der Waals surface area contributed by atoms with Crippen molar-refractivity contribution in [2.75, 3.05) is 17.8 Å². The maximum absolute atomic E-state index is 11.6. The summed E-state index contributed by atoms with van der Waals surface area (Å²) in [6, 6.07) is 6.58. The number of hydrogen-bond acceptors (Lipinski definition) is 3. The first kappa shape index (κ1) is 15.5. The Labute approximate surface area is 118 Å². The average molecular weight is 284 g/mol. The zero-order chi connectivity index (χ0) is 14.3. The summed E-state index contributed by atoms with van der Waals surface area (Å²) in [5.74, 6) is -0.478. The number of esters is 1. The van der Waals surface area contributed by atoms with Gasteiger partial charge < -0.3 is 10.1 Å². The van der Waals surface area contributed by atoms with Crippen molar-refractivity contribution in [1.29, 1.82) is 0 Å². The summed E-state index contributed by atoms with van der Waals surface area (Å²) in [5.41, 5.74) is 1.10. The largest absolute Gasteiger partial charge is 0.462 e. The predicted octanol–water partition coefficient (Wildman–Crippen LogP) is 3.07. The molecule has 1 aromatic rings. The van der Waals surface area contributed by atoms with Crippen LogP contribution in [0.2, 0.25) is 0 Å². The maximum Gasteiger partial charge on any atom is 0.338 e. The van der Waals surface area contributed by atoms with Gasteiger partial charge in [-0.15, -0.1) is 11.6 Å². The van der Waals surface area contributed by atoms with Crippen molar-refractivity contribution < 1.29 is 14.3 Å². The lowest BCUT2D eigenvalue weighted by atomic mass is 10.1. The van der Waals surface area contributed by atoms with Crippen LogP contribution >= 0.6 is 11.6 Å². The lowest BCUT2D eigenvalue weighted by Crippen LogP contribution is -2.21. The molecule has 0 bridgehead atoms. The number of carbonyl (C=O) groups is 2. The van der Waals surface area contributed by atoms with Crippen LogP contribution in [-0.4, -0.2) is 24.4 Å². The minimum absolute atomic E-state index is 0.142. The monoisotopic (exact) mass is 283 g/mol. The predicted molar refractivity (Wildman–Crippen MR) is 75.5 cm³/mol. The van der Waals surface area contributed by atoms with E-state index in [0.717, 1.165) is 6.42 Å². The second-order valence-electron chi connectivity index (χ2n) is 4.26. The van der Waals surface area contributed by atoms with Gasteiger partial charge in [0.25, 0.3) is 0 Å². The third kappa shape index (κ3) is 4.91. The minimum Gasteiger partial charge on any atom is -0.462 e. The van der Waals surface area contributed by atoms with E-state index >= 15 is 0 Å². The van der Waals surface area contributed by atoms with E-state index in [1.807, 2.05) is 6.92 Å². The Morgan fingerprint density at radius 2 is 1.95 bits per heavy atom. The van der Waals surface area contributed by atoms with Crippen molar-refractivity contribution in [2.24, 2.45) is 5.92 Å². The third-order valence-electron chi connectivity index (χ3n) is 2.50. The molecule has 4 nitrogen and oxygen atoms in total. The highest BCUT2D eigenvalue weighted by molar-refractivity contribution is 6.19. The van der Waals surface area contributed by atoms with Crippen LogP contribution in [0.1, 0.15) is 30.6 Å². The van der Waals surface area contributed by atoms with Crippen molar-refractivity contribution in [2.45, 2.75) is 20.3 Å². The Bertz CT molecular complexity index is 431. The molecule has 0 aliphatic carbocycles. The van der Waals surface area contributed by atoms with Crippen molar-refractivity contribution >= 4 is 29.2 Å². The van der Waals surface area contributed by atoms with E-state index in [2.05, 4.69) is 5.32 Å². The Morgan fingerprint density at radius 3 is 2.47 bits per heavy atom. The normalized spacial score (nSPS) is 11.7. The number of rotatable bonds is 6. The van der Waals surface area contributed by atoms with E-state index < -0.39 is 0 Å². The number of benzene rings is 1. The van der Waals surface area contributed by atoms with E-state index in [1.165, 1.54) is 0 Å². The molecule has 5 heteroatoms. The summed E-state index contributed by atoms with van der Waals surface area (Å²) >= 11 is 5.61. The first-order valence-corrected chi connectivity index (χ1v) is 6.76. The molecule has 0 heterocycles. The number of nitrogens with one attached hydrogen (secondary N) is 1. The Balaban J connectivity index is 2.61. The number of ether oxygens (including phenoxy) is 1. The molecule has 19 heavy (non-hydrogen) atoms. The summed E-state index contributed by atoms with van der Waals surface area (Å²) in [6.45, 7) is 4.09. The minimum atomic E-state index is -0.353. The van der Waals surface area contributed by atoms with Crippen LogP contribution in [0.15, 0.2) is 24.3 Å². The van der Waals surface area contributed by atoms with Crippen LogP contribution in [-0.2, 0) is 9.53 Å². The topological polar surface area (TPSA) is 55.4 Å². The second-order valence-corrected chi connectivity index (χ2v) is 4.57. The molecule has 104 valence electrons. The van der Waals surface area contributed by atoms with Gasteiger partial charge in [-0.25, -0.2) is 4.79 Å². The fourth-order valence-electron chi connectivity index (χ4n) is 1.30. The molecule has 0 aromatic heterocycles. The van der Waals surface area contributed by atoms with Gasteiger partial charge >= 0.3 is 5.97 Å². The molecule has 1 unspecified atom stereocenters. The number of carbonyl (C=O) groups excluding carboxylic acids is 2. The van der Waals surface area contributed by atoms with Crippen LogP contribution in [0.5, 0.6) is 0 Å². The molecule has 0 fully saturated rings. The first-order chi connectivity index (χ1) is 9.08. The molecule has 1 amide bonds. The highest BCUT2D eigenvalue weighted by Gasteiger charge is 2.12. The van der Waals surface area contributed by atoms with Crippen LogP contribution in [0.3, 0.4) is 0 Å². The van der Waals surface area contributed by atoms with Gasteiger partial charge in [-0.05, 0) is 30.7 Å². The first-order valence-electron chi connectivity index (χ1n) is 6.22. The SMILES string of the molecule is CCCOC(=O)c1ccc(NC(=O)C(C)CCl)cc1. The number of amides is 1. The van der Waals surface area contributed by atoms with E-state index in [9.17, 15) is 9.59 Å². The van der Waals surface area contributed by atoms with Crippen LogP contribution in [0.4, 0.5) is 5.69 Å². The summed E-state index contributed by atoms with van der Waals surface area (Å²) in [6.07, 6.45) is 0.788. The van der Waals surface area contributed by atoms with E-state index in [0.29, 0.717) is 17.9 Å². The molecule has 1 aromatic carbocycles. The van der Waals surface area contributed by atoms with Crippen molar-refractivity contribution in [3.63, 3.8) is 0 Å². The molecule has 0 saturated heterocycles. The van der Waals surface area contributed by atoms with E-state index in [-0.39, 0.29) is 23.7 Å². The smallest absolute Gasteiger partial charge is 0.338 e. The third-order valence-corrected chi connectivity index (χ3v) is 2.97. The molecule has 0 saturated carbocycles. The highest BCUT2D eigenvalue weighted by atomic mass is 35.5. The number of alkyl halides is 1. The number of hydrogen-bond donors (Lipinski definition) is 1. The lowest BCUT2D eigenvalue weighted by molar-refractivity contribution is -0.118. The van der Waals surface area contributed by atoms with Crippen LogP contribution in [0, 0.1) is 5.92 Å². The second kappa shape index (κ2) is 7.79. The summed E-state index contributed by atoms with van der Waals surface area (Å²) in [4.78, 5) is 23.2. The van der Waals surface area contributed by atoms with E-state index in [1.54, 1.807) is 31.2 Å². The van der Waals surface area contributed by atoms with Crippen LogP contribution < -0.4 is 5.32 Å². The molecular weight excluding hydrogens is 266 g/mol. The van der Waals surface area contributed by atoms with Crippen LogP contribution in [0.25, 0.3) is 0 Å².